The second-order valence-electron chi connectivity index (χ2n) is 2.37. The molecule has 4 nitrogen and oxygen atoms in total. The maximum atomic E-state index is 11.1. The van der Waals surface area contributed by atoms with Gasteiger partial charge in [-0.1, -0.05) is 18.2 Å². The van der Waals surface area contributed by atoms with Crippen molar-refractivity contribution in [3.63, 3.8) is 0 Å². The summed E-state index contributed by atoms with van der Waals surface area (Å²) in [4.78, 5) is 0.00926. The zero-order valence-corrected chi connectivity index (χ0v) is 9.71. The van der Waals surface area contributed by atoms with Gasteiger partial charge in [0.05, 0.1) is 4.90 Å². The third-order valence-corrected chi connectivity index (χ3v) is 2.92. The van der Waals surface area contributed by atoms with Crippen molar-refractivity contribution < 1.29 is 13.5 Å². The smallest absolute Gasteiger partial charge is 0.282 e. The van der Waals surface area contributed by atoms with Crippen molar-refractivity contribution in [3.8, 4) is 0 Å². The Morgan fingerprint density at radius 2 is 1.85 bits per heavy atom. The van der Waals surface area contributed by atoms with Gasteiger partial charge in [0.1, 0.15) is 0 Å². The van der Waals surface area contributed by atoms with Crippen LogP contribution in [0.25, 0.3) is 0 Å². The van der Waals surface area contributed by atoms with Crippen molar-refractivity contribution in [1.82, 2.24) is 0 Å². The van der Waals surface area contributed by atoms with Gasteiger partial charge in [0.25, 0.3) is 10.0 Å². The Morgan fingerprint density at radius 3 is 2.46 bits per heavy atom. The average molecular weight is 205 g/mol. The minimum Gasteiger partial charge on any atom is -0.858 e. The Hall–Kier alpha value is -0.360. The number of benzene rings is 1. The molecule has 1 aliphatic rings. The molecule has 1 aromatic carbocycles. The molecule has 1 heterocycles. The van der Waals surface area contributed by atoms with Crippen LogP contribution in [-0.2, 0) is 10.0 Å². The molecule has 0 spiro atoms. The zero-order chi connectivity index (χ0) is 8.77. The van der Waals surface area contributed by atoms with Crippen LogP contribution < -0.4 is 5.11 Å². The summed E-state index contributed by atoms with van der Waals surface area (Å²) in [7, 11) is -3.68. The first-order chi connectivity index (χ1) is 5.61. The van der Waals surface area contributed by atoms with Gasteiger partial charge in [-0.3, -0.25) is 0 Å². The van der Waals surface area contributed by atoms with E-state index in [4.69, 9.17) is 0 Å². The van der Waals surface area contributed by atoms with Crippen LogP contribution in [0.5, 0.6) is 0 Å². The van der Waals surface area contributed by atoms with E-state index in [1.807, 2.05) is 0 Å². The molecule has 2 rings (SSSR count). The molecule has 0 saturated heterocycles. The van der Waals surface area contributed by atoms with E-state index in [-0.39, 0.29) is 40.0 Å². The number of rotatable bonds is 0. The fourth-order valence-electron chi connectivity index (χ4n) is 1.08. The number of fused-ring (bicyclic) bond motifs is 1. The molecule has 1 aromatic rings. The van der Waals surface area contributed by atoms with E-state index in [0.717, 1.165) is 0 Å². The van der Waals surface area contributed by atoms with Crippen LogP contribution in [0.1, 0.15) is 5.56 Å². The normalized spacial score (nSPS) is 17.1. The monoisotopic (exact) mass is 205 g/mol. The summed E-state index contributed by atoms with van der Waals surface area (Å²) in [6.07, 6.45) is 0. The summed E-state index contributed by atoms with van der Waals surface area (Å²) >= 11 is 0. The first-order valence-corrected chi connectivity index (χ1v) is 4.67. The van der Waals surface area contributed by atoms with Gasteiger partial charge in [0.15, 0.2) is 0 Å². The van der Waals surface area contributed by atoms with Gasteiger partial charge in [-0.2, -0.15) is 12.8 Å². The molecule has 0 atom stereocenters. The van der Waals surface area contributed by atoms with Gasteiger partial charge in [0, 0.05) is 41.0 Å². The van der Waals surface area contributed by atoms with Gasteiger partial charge in [0.2, 0.25) is 0 Å². The topological polar surface area (TPSA) is 69.6 Å². The second kappa shape index (κ2) is 3.42. The molecule has 1 radical (unpaired) electrons. The minimum atomic E-state index is -3.68. The molecular formula is C7H4NNaO3S-. The molecule has 0 saturated carbocycles. The quantitative estimate of drug-likeness (QED) is 0.516. The van der Waals surface area contributed by atoms with Crippen LogP contribution in [0.4, 0.5) is 0 Å². The molecule has 13 heavy (non-hydrogen) atoms. The molecule has 0 fully saturated rings. The molecule has 1 aliphatic heterocycles. The van der Waals surface area contributed by atoms with Crippen LogP contribution in [0.2, 0.25) is 0 Å². The summed E-state index contributed by atoms with van der Waals surface area (Å²) in [6.45, 7) is 0. The molecule has 0 aromatic heterocycles. The van der Waals surface area contributed by atoms with Crippen molar-refractivity contribution in [3.05, 3.63) is 29.8 Å². The SMILES string of the molecule is O=S1(=O)N=C([O-])c2ccccc21.[Na]. The molecule has 0 unspecified atom stereocenters. The third-order valence-electron chi connectivity index (χ3n) is 1.60. The van der Waals surface area contributed by atoms with E-state index < -0.39 is 15.9 Å². The summed E-state index contributed by atoms with van der Waals surface area (Å²) in [5.41, 5.74) is 0.164. The van der Waals surface area contributed by atoms with E-state index >= 15 is 0 Å². The first kappa shape index (κ1) is 10.7. The van der Waals surface area contributed by atoms with Crippen molar-refractivity contribution in [1.29, 1.82) is 0 Å². The van der Waals surface area contributed by atoms with Gasteiger partial charge < -0.3 is 5.11 Å². The Bertz CT molecular complexity index is 466. The summed E-state index contributed by atoms with van der Waals surface area (Å²) in [6, 6.07) is 5.99. The molecule has 0 amide bonds. The first-order valence-electron chi connectivity index (χ1n) is 3.23. The fourth-order valence-corrected chi connectivity index (χ4v) is 2.17. The second-order valence-corrected chi connectivity index (χ2v) is 3.94. The standard InChI is InChI=1S/C7H5NO3S.Na/c9-7-5-3-1-2-4-6(5)12(10,11)8-7;/h1-4H,(H,8,9);/p-1. The van der Waals surface area contributed by atoms with Gasteiger partial charge >= 0.3 is 0 Å². The van der Waals surface area contributed by atoms with E-state index in [2.05, 4.69) is 4.40 Å². The van der Waals surface area contributed by atoms with E-state index in [1.54, 1.807) is 12.1 Å². The minimum absolute atomic E-state index is 0. The molecule has 0 aliphatic carbocycles. The summed E-state index contributed by atoms with van der Waals surface area (Å²) in [5, 5.41) is 10.9. The summed E-state index contributed by atoms with van der Waals surface area (Å²) in [5.74, 6) is -0.675. The van der Waals surface area contributed by atoms with Crippen molar-refractivity contribution in [2.45, 2.75) is 4.90 Å². The van der Waals surface area contributed by atoms with Gasteiger partial charge in [-0.15, -0.1) is 0 Å². The number of nitrogens with zero attached hydrogens (tertiary/aromatic N) is 1. The summed E-state index contributed by atoms with van der Waals surface area (Å²) < 4.78 is 25.2. The molecule has 6 heteroatoms. The van der Waals surface area contributed by atoms with Crippen molar-refractivity contribution in [2.75, 3.05) is 0 Å². The Morgan fingerprint density at radius 1 is 1.23 bits per heavy atom. The van der Waals surface area contributed by atoms with Crippen LogP contribution in [0, 0.1) is 0 Å². The van der Waals surface area contributed by atoms with Gasteiger partial charge in [-0.05, 0) is 6.07 Å². The van der Waals surface area contributed by atoms with Crippen molar-refractivity contribution in [2.24, 2.45) is 4.40 Å². The Kier molecular flexibility index (Phi) is 2.82. The number of hydrogen-bond donors (Lipinski definition) is 0. The zero-order valence-electron chi connectivity index (χ0n) is 6.89. The Balaban J connectivity index is 0.000000845. The average Bonchev–Trinajstić information content (AvgIpc) is 2.25. The van der Waals surface area contributed by atoms with Crippen LogP contribution in [0.3, 0.4) is 0 Å². The van der Waals surface area contributed by atoms with E-state index in [1.165, 1.54) is 12.1 Å². The molecule has 0 N–H and O–H groups in total. The number of hydrogen-bond acceptors (Lipinski definition) is 3. The third kappa shape index (κ3) is 1.65. The van der Waals surface area contributed by atoms with Crippen molar-refractivity contribution >= 4 is 45.5 Å². The maximum Gasteiger partial charge on any atom is 0.282 e. The fraction of sp³-hybridized carbons (Fsp3) is 0. The predicted octanol–water partition coefficient (Wildman–Crippen LogP) is -0.885. The van der Waals surface area contributed by atoms with Gasteiger partial charge in [-0.25, -0.2) is 0 Å². The Labute approximate surface area is 97.7 Å². The van der Waals surface area contributed by atoms with Crippen LogP contribution >= 0.6 is 0 Å². The molecule has 63 valence electrons. The van der Waals surface area contributed by atoms with E-state index in [9.17, 15) is 13.5 Å². The van der Waals surface area contributed by atoms with E-state index in [0.29, 0.717) is 0 Å². The maximum absolute atomic E-state index is 11.1. The predicted molar refractivity (Wildman–Crippen MR) is 45.9 cm³/mol. The van der Waals surface area contributed by atoms with Crippen LogP contribution in [-0.4, -0.2) is 43.9 Å². The number of sulfonamides is 1. The largest absolute Gasteiger partial charge is 0.858 e. The van der Waals surface area contributed by atoms with Crippen LogP contribution in [0.15, 0.2) is 33.6 Å². The molecule has 0 bridgehead atoms. The molecular weight excluding hydrogens is 201 g/mol.